The molecule has 30 heavy (non-hydrogen) atoms. The van der Waals surface area contributed by atoms with Gasteiger partial charge in [-0.15, -0.1) is 0 Å². The normalized spacial score (nSPS) is 11.7. The molecule has 3 rings (SSSR count). The number of fused-ring (bicyclic) bond motifs is 1. The van der Waals surface area contributed by atoms with Crippen LogP contribution in [0.15, 0.2) is 47.4 Å². The summed E-state index contributed by atoms with van der Waals surface area (Å²) in [6.45, 7) is 0.804. The Balaban J connectivity index is 2.09. The Morgan fingerprint density at radius 3 is 2.50 bits per heavy atom. The molecule has 158 valence electrons. The van der Waals surface area contributed by atoms with E-state index in [4.69, 9.17) is 0 Å². The number of nitro groups is 1. The van der Waals surface area contributed by atoms with Crippen LogP contribution in [0.1, 0.15) is 10.4 Å². The molecule has 0 spiro atoms. The number of hydrogen-bond acceptors (Lipinski definition) is 8. The van der Waals surface area contributed by atoms with E-state index in [0.717, 1.165) is 6.26 Å². The minimum Gasteiger partial charge on any atom is -0.308 e. The molecular weight excluding hydrogens is 428 g/mol. The van der Waals surface area contributed by atoms with Crippen molar-refractivity contribution in [2.24, 2.45) is 0 Å². The summed E-state index contributed by atoms with van der Waals surface area (Å²) in [5.74, 6) is -0.444. The third kappa shape index (κ3) is 4.64. The first-order valence-electron chi connectivity index (χ1n) is 8.88. The van der Waals surface area contributed by atoms with Crippen molar-refractivity contribution in [1.82, 2.24) is 9.88 Å². The second kappa shape index (κ2) is 8.46. The number of carbonyl (C=O) groups is 1. The van der Waals surface area contributed by atoms with Crippen molar-refractivity contribution in [3.63, 3.8) is 0 Å². The highest BCUT2D eigenvalue weighted by Crippen LogP contribution is 2.33. The van der Waals surface area contributed by atoms with Crippen molar-refractivity contribution in [3.8, 4) is 0 Å². The summed E-state index contributed by atoms with van der Waals surface area (Å²) in [6, 6.07) is 10.4. The molecule has 3 aromatic rings. The highest BCUT2D eigenvalue weighted by Gasteiger charge is 2.24. The van der Waals surface area contributed by atoms with Gasteiger partial charge in [-0.05, 0) is 32.3 Å². The van der Waals surface area contributed by atoms with Gasteiger partial charge in [-0.3, -0.25) is 19.8 Å². The summed E-state index contributed by atoms with van der Waals surface area (Å²) in [5.41, 5.74) is 0.282. The van der Waals surface area contributed by atoms with Gasteiger partial charge in [0.15, 0.2) is 15.0 Å². The number of aromatic nitrogens is 1. The molecule has 0 unspecified atom stereocenters. The van der Waals surface area contributed by atoms with Crippen molar-refractivity contribution in [3.05, 3.63) is 58.1 Å². The van der Waals surface area contributed by atoms with Crippen LogP contribution in [0.2, 0.25) is 0 Å². The summed E-state index contributed by atoms with van der Waals surface area (Å²) in [6.07, 6.45) is 1.11. The summed E-state index contributed by atoms with van der Waals surface area (Å²) >= 11 is 1.20. The van der Waals surface area contributed by atoms with Crippen LogP contribution < -0.4 is 4.90 Å². The van der Waals surface area contributed by atoms with Gasteiger partial charge in [-0.1, -0.05) is 23.5 Å². The van der Waals surface area contributed by atoms with E-state index >= 15 is 0 Å². The number of nitro benzene ring substituents is 1. The predicted molar refractivity (Wildman–Crippen MR) is 116 cm³/mol. The second-order valence-electron chi connectivity index (χ2n) is 6.94. The highest BCUT2D eigenvalue weighted by molar-refractivity contribution is 7.91. The maximum absolute atomic E-state index is 13.2. The molecule has 1 amide bonds. The summed E-state index contributed by atoms with van der Waals surface area (Å²) < 4.78 is 24.9. The molecule has 0 bridgehead atoms. The van der Waals surface area contributed by atoms with Gasteiger partial charge in [0.05, 0.1) is 14.5 Å². The fourth-order valence-corrected chi connectivity index (χ4v) is 4.73. The van der Waals surface area contributed by atoms with E-state index in [2.05, 4.69) is 4.98 Å². The zero-order valence-electron chi connectivity index (χ0n) is 16.6. The van der Waals surface area contributed by atoms with Crippen LogP contribution >= 0.6 is 11.3 Å². The topological polar surface area (TPSA) is 114 Å². The lowest BCUT2D eigenvalue weighted by molar-refractivity contribution is -0.384. The molecule has 1 heterocycles. The van der Waals surface area contributed by atoms with Crippen LogP contribution in [0.5, 0.6) is 0 Å². The number of para-hydroxylation sites is 1. The fourth-order valence-electron chi connectivity index (χ4n) is 2.82. The number of hydrogen-bond donors (Lipinski definition) is 0. The van der Waals surface area contributed by atoms with Crippen LogP contribution in [0, 0.1) is 10.1 Å². The molecule has 9 nitrogen and oxygen atoms in total. The molecule has 0 atom stereocenters. The van der Waals surface area contributed by atoms with Gasteiger partial charge in [0.1, 0.15) is 5.52 Å². The SMILES string of the molecule is CN(C)CCN(C(=O)c1cccc([N+](=O)[O-])c1)c1nc2c(S(C)(=O)=O)cccc2s1. The zero-order valence-corrected chi connectivity index (χ0v) is 18.2. The number of rotatable bonds is 7. The molecular formula is C19H20N4O5S2. The van der Waals surface area contributed by atoms with Gasteiger partial charge >= 0.3 is 0 Å². The number of anilines is 1. The molecule has 0 aliphatic heterocycles. The third-order valence-electron chi connectivity index (χ3n) is 4.32. The highest BCUT2D eigenvalue weighted by atomic mass is 32.2. The minimum absolute atomic E-state index is 0.0952. The molecule has 11 heteroatoms. The Bertz CT molecular complexity index is 1220. The van der Waals surface area contributed by atoms with Crippen LogP contribution in [0.25, 0.3) is 10.2 Å². The molecule has 0 saturated carbocycles. The summed E-state index contributed by atoms with van der Waals surface area (Å²) in [7, 11) is 0.217. The predicted octanol–water partition coefficient (Wildman–Crippen LogP) is 2.82. The molecule has 0 radical (unpaired) electrons. The quantitative estimate of drug-likeness (QED) is 0.403. The van der Waals surface area contributed by atoms with Crippen LogP contribution in [-0.4, -0.2) is 62.6 Å². The smallest absolute Gasteiger partial charge is 0.270 e. The Hall–Kier alpha value is -2.89. The van der Waals surface area contributed by atoms with Crippen molar-refractivity contribution < 1.29 is 18.1 Å². The number of benzene rings is 2. The number of likely N-dealkylation sites (N-methyl/N-ethyl adjacent to an activating group) is 1. The zero-order chi connectivity index (χ0) is 22.1. The lowest BCUT2D eigenvalue weighted by atomic mass is 10.2. The first kappa shape index (κ1) is 21.8. The number of thiazole rings is 1. The summed E-state index contributed by atoms with van der Waals surface area (Å²) in [4.78, 5) is 31.6. The molecule has 2 aromatic carbocycles. The monoisotopic (exact) mass is 448 g/mol. The van der Waals surface area contributed by atoms with Gasteiger partial charge in [-0.25, -0.2) is 13.4 Å². The maximum Gasteiger partial charge on any atom is 0.270 e. The number of carbonyl (C=O) groups excluding carboxylic acids is 1. The second-order valence-corrected chi connectivity index (χ2v) is 9.93. The number of nitrogens with zero attached hydrogens (tertiary/aromatic N) is 4. The Labute approximate surface area is 177 Å². The first-order chi connectivity index (χ1) is 14.1. The molecule has 0 aliphatic carbocycles. The molecule has 0 saturated heterocycles. The van der Waals surface area contributed by atoms with Gasteiger partial charge in [0.25, 0.3) is 11.6 Å². The Morgan fingerprint density at radius 1 is 1.17 bits per heavy atom. The molecule has 0 aliphatic rings. The van der Waals surface area contributed by atoms with E-state index in [-0.39, 0.29) is 22.7 Å². The molecule has 0 N–H and O–H groups in total. The van der Waals surface area contributed by atoms with Gasteiger partial charge in [-0.2, -0.15) is 0 Å². The average Bonchev–Trinajstić information content (AvgIpc) is 3.10. The van der Waals surface area contributed by atoms with Crippen LogP contribution in [-0.2, 0) is 9.84 Å². The van der Waals surface area contributed by atoms with Gasteiger partial charge in [0, 0.05) is 37.0 Å². The van der Waals surface area contributed by atoms with Crippen molar-refractivity contribution in [1.29, 1.82) is 0 Å². The summed E-state index contributed by atoms with van der Waals surface area (Å²) in [5, 5.41) is 11.4. The van der Waals surface area contributed by atoms with E-state index in [1.54, 1.807) is 12.1 Å². The Kier molecular flexibility index (Phi) is 6.15. The van der Waals surface area contributed by atoms with Crippen molar-refractivity contribution in [2.45, 2.75) is 4.90 Å². The number of sulfone groups is 1. The number of amides is 1. The number of non-ortho nitro benzene ring substituents is 1. The van der Waals surface area contributed by atoms with Gasteiger partial charge in [0.2, 0.25) is 0 Å². The largest absolute Gasteiger partial charge is 0.308 e. The standard InChI is InChI=1S/C19H20N4O5S2/c1-21(2)10-11-22(18(24)13-6-4-7-14(12-13)23(25)26)19-20-17-15(29-19)8-5-9-16(17)30(3,27)28/h4-9,12H,10-11H2,1-3H3. The minimum atomic E-state index is -3.50. The lowest BCUT2D eigenvalue weighted by Gasteiger charge is -2.22. The Morgan fingerprint density at radius 2 is 1.87 bits per heavy atom. The van der Waals surface area contributed by atoms with E-state index in [1.165, 1.54) is 46.6 Å². The van der Waals surface area contributed by atoms with E-state index in [9.17, 15) is 23.3 Å². The van der Waals surface area contributed by atoms with Crippen molar-refractivity contribution >= 4 is 48.1 Å². The van der Waals surface area contributed by atoms with E-state index in [0.29, 0.717) is 21.9 Å². The van der Waals surface area contributed by atoms with Gasteiger partial charge < -0.3 is 4.90 Å². The lowest BCUT2D eigenvalue weighted by Crippen LogP contribution is -2.36. The van der Waals surface area contributed by atoms with Crippen LogP contribution in [0.3, 0.4) is 0 Å². The van der Waals surface area contributed by atoms with E-state index in [1.807, 2.05) is 19.0 Å². The van der Waals surface area contributed by atoms with Crippen molar-refractivity contribution in [2.75, 3.05) is 38.3 Å². The molecule has 0 fully saturated rings. The first-order valence-corrected chi connectivity index (χ1v) is 11.6. The van der Waals surface area contributed by atoms with E-state index < -0.39 is 20.7 Å². The maximum atomic E-state index is 13.2. The molecule has 1 aromatic heterocycles. The fraction of sp³-hybridized carbons (Fsp3) is 0.263. The average molecular weight is 449 g/mol. The third-order valence-corrected chi connectivity index (χ3v) is 6.49. The van der Waals surface area contributed by atoms with Crippen LogP contribution in [0.4, 0.5) is 10.8 Å².